The van der Waals surface area contributed by atoms with E-state index in [4.69, 9.17) is 4.74 Å². The van der Waals surface area contributed by atoms with E-state index in [1.54, 1.807) is 7.11 Å². The van der Waals surface area contributed by atoms with Crippen molar-refractivity contribution in [3.05, 3.63) is 36.4 Å². The van der Waals surface area contributed by atoms with Crippen molar-refractivity contribution in [1.82, 2.24) is 0 Å². The lowest BCUT2D eigenvalue weighted by atomic mass is 9.71. The Morgan fingerprint density at radius 2 is 2.06 bits per heavy atom. The molecule has 0 aliphatic heterocycles. The molecule has 0 aromatic heterocycles. The largest absolute Gasteiger partial charge is 0.497 e. The first-order valence-corrected chi connectivity index (χ1v) is 5.94. The third-order valence-corrected chi connectivity index (χ3v) is 3.80. The minimum atomic E-state index is 0.636. The van der Waals surface area contributed by atoms with Gasteiger partial charge in [0.05, 0.1) is 7.11 Å². The predicted octanol–water partition coefficient (Wildman–Crippen LogP) is 3.07. The Hall–Kier alpha value is -1.44. The van der Waals surface area contributed by atoms with Crippen LogP contribution in [0.2, 0.25) is 0 Å². The number of fused-ring (bicyclic) bond motifs is 1. The molecule has 2 heteroatoms. The van der Waals surface area contributed by atoms with Gasteiger partial charge in [-0.15, -0.1) is 0 Å². The summed E-state index contributed by atoms with van der Waals surface area (Å²) in [5.41, 5.74) is 1.20. The molecule has 3 atom stereocenters. The summed E-state index contributed by atoms with van der Waals surface area (Å²) in [6.07, 6.45) is 7.29. The molecule has 1 N–H and O–H groups in total. The van der Waals surface area contributed by atoms with Gasteiger partial charge in [0.15, 0.2) is 0 Å². The van der Waals surface area contributed by atoms with Crippen LogP contribution in [0.3, 0.4) is 0 Å². The molecule has 1 fully saturated rings. The molecule has 3 rings (SSSR count). The number of anilines is 1. The number of allylic oxidation sites excluding steroid dienone is 1. The van der Waals surface area contributed by atoms with E-state index >= 15 is 0 Å². The number of hydrogen-bond donors (Lipinski definition) is 1. The van der Waals surface area contributed by atoms with Gasteiger partial charge in [0.1, 0.15) is 5.75 Å². The van der Waals surface area contributed by atoms with Gasteiger partial charge in [-0.25, -0.2) is 0 Å². The number of methoxy groups -OCH3 is 1. The Kier molecular flexibility index (Phi) is 2.35. The van der Waals surface area contributed by atoms with Crippen molar-refractivity contribution in [3.63, 3.8) is 0 Å². The van der Waals surface area contributed by atoms with Gasteiger partial charge < -0.3 is 10.1 Å². The van der Waals surface area contributed by atoms with Gasteiger partial charge in [0.25, 0.3) is 0 Å². The molecule has 0 radical (unpaired) electrons. The smallest absolute Gasteiger partial charge is 0.119 e. The van der Waals surface area contributed by atoms with Gasteiger partial charge in [-0.1, -0.05) is 12.2 Å². The minimum Gasteiger partial charge on any atom is -0.497 e. The number of hydrogen-bond acceptors (Lipinski definition) is 2. The number of ether oxygens (including phenoxy) is 1. The first kappa shape index (κ1) is 9.76. The zero-order chi connectivity index (χ0) is 11.0. The molecule has 3 unspecified atom stereocenters. The summed E-state index contributed by atoms with van der Waals surface area (Å²) < 4.78 is 5.14. The van der Waals surface area contributed by atoms with Crippen molar-refractivity contribution in [2.24, 2.45) is 11.8 Å². The summed E-state index contributed by atoms with van der Waals surface area (Å²) in [6.45, 7) is 0. The molecular weight excluding hydrogens is 198 g/mol. The van der Waals surface area contributed by atoms with E-state index in [1.807, 2.05) is 12.1 Å². The first-order valence-electron chi connectivity index (χ1n) is 5.94. The second-order valence-corrected chi connectivity index (χ2v) is 4.72. The van der Waals surface area contributed by atoms with Crippen LogP contribution in [-0.2, 0) is 0 Å². The predicted molar refractivity (Wildman–Crippen MR) is 65.8 cm³/mol. The van der Waals surface area contributed by atoms with Crippen LogP contribution in [0, 0.1) is 11.8 Å². The Morgan fingerprint density at radius 1 is 1.25 bits per heavy atom. The van der Waals surface area contributed by atoms with Gasteiger partial charge in [0.2, 0.25) is 0 Å². The first-order chi connectivity index (χ1) is 7.86. The molecule has 0 heterocycles. The SMILES string of the molecule is COc1ccc(NC2CC3CC=CC32)cc1. The average molecular weight is 215 g/mol. The summed E-state index contributed by atoms with van der Waals surface area (Å²) in [5.74, 6) is 2.59. The molecule has 84 valence electrons. The number of benzene rings is 1. The summed E-state index contributed by atoms with van der Waals surface area (Å²) in [6, 6.07) is 8.82. The highest BCUT2D eigenvalue weighted by Crippen LogP contribution is 2.44. The average Bonchev–Trinajstić information content (AvgIpc) is 2.68. The molecule has 1 aromatic rings. The maximum absolute atomic E-state index is 5.14. The maximum atomic E-state index is 5.14. The summed E-state index contributed by atoms with van der Waals surface area (Å²) in [7, 11) is 1.70. The highest BCUT2D eigenvalue weighted by Gasteiger charge is 2.40. The quantitative estimate of drug-likeness (QED) is 0.782. The van der Waals surface area contributed by atoms with Crippen molar-refractivity contribution in [2.45, 2.75) is 18.9 Å². The molecule has 0 bridgehead atoms. The highest BCUT2D eigenvalue weighted by molar-refractivity contribution is 5.48. The van der Waals surface area contributed by atoms with E-state index in [-0.39, 0.29) is 0 Å². The molecule has 2 aliphatic carbocycles. The van der Waals surface area contributed by atoms with Crippen LogP contribution in [0.5, 0.6) is 5.75 Å². The van der Waals surface area contributed by atoms with E-state index < -0.39 is 0 Å². The van der Waals surface area contributed by atoms with Crippen LogP contribution in [0.15, 0.2) is 36.4 Å². The van der Waals surface area contributed by atoms with Gasteiger partial charge in [-0.3, -0.25) is 0 Å². The normalized spacial score (nSPS) is 30.7. The molecule has 1 saturated carbocycles. The minimum absolute atomic E-state index is 0.636. The van der Waals surface area contributed by atoms with Crippen molar-refractivity contribution in [3.8, 4) is 5.75 Å². The molecule has 2 aliphatic rings. The Morgan fingerprint density at radius 3 is 2.75 bits per heavy atom. The van der Waals surface area contributed by atoms with Crippen LogP contribution in [0.4, 0.5) is 5.69 Å². The number of nitrogens with one attached hydrogen (secondary N) is 1. The van der Waals surface area contributed by atoms with E-state index in [2.05, 4.69) is 29.6 Å². The molecule has 0 saturated heterocycles. The van der Waals surface area contributed by atoms with E-state index in [0.29, 0.717) is 6.04 Å². The zero-order valence-corrected chi connectivity index (χ0v) is 9.52. The monoisotopic (exact) mass is 215 g/mol. The van der Waals surface area contributed by atoms with Crippen molar-refractivity contribution in [2.75, 3.05) is 12.4 Å². The fraction of sp³-hybridized carbons (Fsp3) is 0.429. The second-order valence-electron chi connectivity index (χ2n) is 4.72. The second kappa shape index (κ2) is 3.85. The Labute approximate surface area is 96.3 Å². The number of rotatable bonds is 3. The molecule has 0 spiro atoms. The Balaban J connectivity index is 1.64. The van der Waals surface area contributed by atoms with E-state index in [0.717, 1.165) is 17.6 Å². The fourth-order valence-corrected chi connectivity index (χ4v) is 2.78. The van der Waals surface area contributed by atoms with Gasteiger partial charge in [-0.2, -0.15) is 0 Å². The van der Waals surface area contributed by atoms with E-state index in [9.17, 15) is 0 Å². The van der Waals surface area contributed by atoms with Crippen LogP contribution in [0.1, 0.15) is 12.8 Å². The van der Waals surface area contributed by atoms with Crippen molar-refractivity contribution in [1.29, 1.82) is 0 Å². The summed E-state index contributed by atoms with van der Waals surface area (Å²) in [5, 5.41) is 3.59. The van der Waals surface area contributed by atoms with Crippen LogP contribution >= 0.6 is 0 Å². The molecule has 16 heavy (non-hydrogen) atoms. The lowest BCUT2D eigenvalue weighted by Crippen LogP contribution is -2.43. The Bertz CT molecular complexity index is 396. The summed E-state index contributed by atoms with van der Waals surface area (Å²) in [4.78, 5) is 0. The molecule has 1 aromatic carbocycles. The fourth-order valence-electron chi connectivity index (χ4n) is 2.78. The molecular formula is C14H17NO. The zero-order valence-electron chi connectivity index (χ0n) is 9.52. The van der Waals surface area contributed by atoms with Crippen molar-refractivity contribution >= 4 is 5.69 Å². The van der Waals surface area contributed by atoms with E-state index in [1.165, 1.54) is 18.5 Å². The van der Waals surface area contributed by atoms with Crippen molar-refractivity contribution < 1.29 is 4.74 Å². The third-order valence-electron chi connectivity index (χ3n) is 3.80. The molecule has 0 amide bonds. The highest BCUT2D eigenvalue weighted by atomic mass is 16.5. The lowest BCUT2D eigenvalue weighted by molar-refractivity contribution is 0.218. The van der Waals surface area contributed by atoms with Crippen LogP contribution in [0.25, 0.3) is 0 Å². The van der Waals surface area contributed by atoms with Gasteiger partial charge in [0, 0.05) is 17.6 Å². The topological polar surface area (TPSA) is 21.3 Å². The lowest BCUT2D eigenvalue weighted by Gasteiger charge is -2.41. The van der Waals surface area contributed by atoms with Crippen LogP contribution < -0.4 is 10.1 Å². The summed E-state index contributed by atoms with van der Waals surface area (Å²) >= 11 is 0. The van der Waals surface area contributed by atoms with Crippen LogP contribution in [-0.4, -0.2) is 13.2 Å². The standard InChI is InChI=1S/C14H17NO/c1-16-12-7-5-11(6-8-12)15-14-9-10-3-2-4-13(10)14/h2,4-8,10,13-15H,3,9H2,1H3. The molecule has 2 nitrogen and oxygen atoms in total. The van der Waals surface area contributed by atoms with Gasteiger partial charge in [-0.05, 0) is 43.0 Å². The van der Waals surface area contributed by atoms with Gasteiger partial charge >= 0.3 is 0 Å². The third kappa shape index (κ3) is 1.58. The maximum Gasteiger partial charge on any atom is 0.119 e.